The number of nitrogens with zero attached hydrogens (tertiary/aromatic N) is 1. The van der Waals surface area contributed by atoms with E-state index in [9.17, 15) is 19.1 Å². The fourth-order valence-electron chi connectivity index (χ4n) is 3.40. The van der Waals surface area contributed by atoms with Gasteiger partial charge in [0.15, 0.2) is 0 Å². The van der Waals surface area contributed by atoms with Gasteiger partial charge in [0.25, 0.3) is 11.5 Å². The molecule has 6 nitrogen and oxygen atoms in total. The lowest BCUT2D eigenvalue weighted by atomic mass is 9.95. The van der Waals surface area contributed by atoms with Gasteiger partial charge in [-0.3, -0.25) is 9.59 Å². The molecule has 1 aromatic heterocycles. The minimum Gasteiger partial charge on any atom is -0.506 e. The van der Waals surface area contributed by atoms with E-state index in [0.29, 0.717) is 37.0 Å². The van der Waals surface area contributed by atoms with Gasteiger partial charge in [-0.2, -0.15) is 0 Å². The van der Waals surface area contributed by atoms with Crippen LogP contribution in [-0.2, 0) is 6.42 Å². The van der Waals surface area contributed by atoms with Gasteiger partial charge >= 0.3 is 0 Å². The molecule has 1 unspecified atom stereocenters. The van der Waals surface area contributed by atoms with Crippen LogP contribution in [0.4, 0.5) is 4.39 Å². The van der Waals surface area contributed by atoms with Crippen LogP contribution in [-0.4, -0.2) is 42.8 Å². The second-order valence-electron chi connectivity index (χ2n) is 6.96. The van der Waals surface area contributed by atoms with Gasteiger partial charge in [-0.15, -0.1) is 0 Å². The smallest absolute Gasteiger partial charge is 0.267 e. The van der Waals surface area contributed by atoms with E-state index < -0.39 is 23.0 Å². The van der Waals surface area contributed by atoms with E-state index in [1.165, 1.54) is 16.7 Å². The van der Waals surface area contributed by atoms with Crippen molar-refractivity contribution in [3.63, 3.8) is 0 Å². The monoisotopic (exact) mass is 348 g/mol. The summed E-state index contributed by atoms with van der Waals surface area (Å²) >= 11 is 0. The predicted octanol–water partition coefficient (Wildman–Crippen LogP) is 0.228. The van der Waals surface area contributed by atoms with Crippen molar-refractivity contribution in [3.05, 3.63) is 39.4 Å². The van der Waals surface area contributed by atoms with Crippen molar-refractivity contribution in [2.45, 2.75) is 25.8 Å². The average Bonchev–Trinajstić information content (AvgIpc) is 2.53. The van der Waals surface area contributed by atoms with Crippen LogP contribution in [0.1, 0.15) is 35.3 Å². The third-order valence-corrected chi connectivity index (χ3v) is 4.73. The third-order valence-electron chi connectivity index (χ3n) is 4.73. The third kappa shape index (κ3) is 3.00. The second-order valence-corrected chi connectivity index (χ2v) is 6.96. The zero-order valence-electron chi connectivity index (χ0n) is 14.6. The Balaban J connectivity index is 2.18. The predicted molar refractivity (Wildman–Crippen MR) is 92.9 cm³/mol. The van der Waals surface area contributed by atoms with Gasteiger partial charge in [-0.25, -0.2) is 4.39 Å². The number of carbonyl (C=O) groups is 1. The lowest BCUT2D eigenvalue weighted by molar-refractivity contribution is -0.856. The van der Waals surface area contributed by atoms with E-state index in [1.807, 2.05) is 21.0 Å². The Kier molecular flexibility index (Phi) is 4.51. The number of quaternary nitrogens is 1. The van der Waals surface area contributed by atoms with Crippen LogP contribution < -0.4 is 15.8 Å². The summed E-state index contributed by atoms with van der Waals surface area (Å²) in [6.45, 7) is 2.95. The van der Waals surface area contributed by atoms with Crippen LogP contribution >= 0.6 is 0 Å². The molecule has 134 valence electrons. The highest BCUT2D eigenvalue weighted by molar-refractivity contribution is 6.03. The van der Waals surface area contributed by atoms with E-state index in [1.54, 1.807) is 0 Å². The molecule has 0 saturated heterocycles. The van der Waals surface area contributed by atoms with Gasteiger partial charge in [0.05, 0.1) is 32.7 Å². The van der Waals surface area contributed by atoms with Crippen LogP contribution in [0, 0.1) is 5.82 Å². The standard InChI is InChI=1S/C18H22FN3O3/c1-10-4-5-11-8-12(19)9-13-15(11)22(10)18(25)14(16(13)23)17(24)20-6-7-21(2)3/h8-10,23H,4-7H2,1-3H3,(H,20,24)/p+1. The molecule has 2 aromatic rings. The number of aromatic hydroxyl groups is 1. The molecule has 7 heteroatoms. The maximum absolute atomic E-state index is 13.9. The van der Waals surface area contributed by atoms with Crippen LogP contribution in [0.3, 0.4) is 0 Å². The number of benzene rings is 1. The topological polar surface area (TPSA) is 75.8 Å². The summed E-state index contributed by atoms with van der Waals surface area (Å²) in [5.41, 5.74) is 0.368. The van der Waals surface area contributed by atoms with Crippen molar-refractivity contribution in [1.82, 2.24) is 9.88 Å². The van der Waals surface area contributed by atoms with Crippen molar-refractivity contribution in [3.8, 4) is 5.75 Å². The Hall–Kier alpha value is -2.41. The molecular formula is C18H23FN3O3+. The number of carbonyl (C=O) groups excluding carboxylic acids is 1. The molecule has 0 saturated carbocycles. The summed E-state index contributed by atoms with van der Waals surface area (Å²) < 4.78 is 15.5. The number of aromatic nitrogens is 1. The molecule has 0 spiro atoms. The number of hydrogen-bond acceptors (Lipinski definition) is 3. The Labute approximate surface area is 144 Å². The molecule has 1 aliphatic heterocycles. The van der Waals surface area contributed by atoms with Crippen LogP contribution in [0.25, 0.3) is 10.9 Å². The summed E-state index contributed by atoms with van der Waals surface area (Å²) in [5, 5.41) is 13.4. The first-order chi connectivity index (χ1) is 11.8. The Morgan fingerprint density at radius 1 is 1.44 bits per heavy atom. The summed E-state index contributed by atoms with van der Waals surface area (Å²) in [6.07, 6.45) is 1.31. The number of likely N-dealkylation sites (N-methyl/N-ethyl adjacent to an activating group) is 1. The molecule has 0 bridgehead atoms. The van der Waals surface area contributed by atoms with E-state index in [2.05, 4.69) is 5.32 Å². The van der Waals surface area contributed by atoms with Crippen LogP contribution in [0.2, 0.25) is 0 Å². The maximum Gasteiger partial charge on any atom is 0.267 e. The number of hydrogen-bond donors (Lipinski definition) is 3. The maximum atomic E-state index is 13.9. The molecule has 3 rings (SSSR count). The normalized spacial score (nSPS) is 16.4. The Bertz CT molecular complexity index is 905. The number of aryl methyl sites for hydroxylation is 1. The minimum atomic E-state index is -0.627. The molecule has 0 radical (unpaired) electrons. The SMILES string of the molecule is CC1CCc2cc(F)cc3c(O)c(C(=O)NCC[NH+](C)C)c(=O)n1c23. The molecule has 1 amide bonds. The lowest BCUT2D eigenvalue weighted by Gasteiger charge is -2.26. The molecule has 1 atom stereocenters. The summed E-state index contributed by atoms with van der Waals surface area (Å²) in [7, 11) is 3.90. The van der Waals surface area contributed by atoms with E-state index in [0.717, 1.165) is 4.90 Å². The second kappa shape index (κ2) is 6.48. The zero-order chi connectivity index (χ0) is 18.3. The first-order valence-electron chi connectivity index (χ1n) is 8.48. The fraction of sp³-hybridized carbons (Fsp3) is 0.444. The molecule has 2 heterocycles. The number of rotatable bonds is 4. The number of pyridine rings is 1. The first kappa shape index (κ1) is 17.4. The highest BCUT2D eigenvalue weighted by Gasteiger charge is 2.28. The fourth-order valence-corrected chi connectivity index (χ4v) is 3.40. The highest BCUT2D eigenvalue weighted by Crippen LogP contribution is 2.35. The Morgan fingerprint density at radius 3 is 2.84 bits per heavy atom. The van der Waals surface area contributed by atoms with Crippen molar-refractivity contribution < 1.29 is 19.2 Å². The number of nitrogens with one attached hydrogen (secondary N) is 2. The largest absolute Gasteiger partial charge is 0.506 e. The van der Waals surface area contributed by atoms with Crippen LogP contribution in [0.5, 0.6) is 5.75 Å². The van der Waals surface area contributed by atoms with E-state index in [-0.39, 0.29) is 17.0 Å². The van der Waals surface area contributed by atoms with Gasteiger partial charge in [0.1, 0.15) is 17.1 Å². The summed E-state index contributed by atoms with van der Waals surface area (Å²) in [5.74, 6) is -1.56. The quantitative estimate of drug-likeness (QED) is 0.740. The Morgan fingerprint density at radius 2 is 2.16 bits per heavy atom. The first-order valence-corrected chi connectivity index (χ1v) is 8.48. The van der Waals surface area contributed by atoms with E-state index in [4.69, 9.17) is 0 Å². The molecule has 0 fully saturated rings. The highest BCUT2D eigenvalue weighted by atomic mass is 19.1. The minimum absolute atomic E-state index is 0.119. The van der Waals surface area contributed by atoms with Gasteiger partial charge < -0.3 is 19.9 Å². The number of halogens is 1. The van der Waals surface area contributed by atoms with Gasteiger partial charge in [-0.05, 0) is 37.5 Å². The molecular weight excluding hydrogens is 325 g/mol. The molecule has 25 heavy (non-hydrogen) atoms. The van der Waals surface area contributed by atoms with Crippen molar-refractivity contribution in [2.24, 2.45) is 0 Å². The van der Waals surface area contributed by atoms with Gasteiger partial charge in [0, 0.05) is 11.4 Å². The van der Waals surface area contributed by atoms with Gasteiger partial charge in [-0.1, -0.05) is 0 Å². The zero-order valence-corrected chi connectivity index (χ0v) is 14.6. The van der Waals surface area contributed by atoms with Crippen molar-refractivity contribution in [2.75, 3.05) is 27.2 Å². The number of amides is 1. The van der Waals surface area contributed by atoms with Crippen molar-refractivity contribution in [1.29, 1.82) is 0 Å². The lowest BCUT2D eigenvalue weighted by Crippen LogP contribution is -3.06. The molecule has 0 aliphatic carbocycles. The van der Waals surface area contributed by atoms with E-state index >= 15 is 0 Å². The van der Waals surface area contributed by atoms with Crippen molar-refractivity contribution >= 4 is 16.8 Å². The molecule has 1 aliphatic rings. The van der Waals surface area contributed by atoms with Crippen LogP contribution in [0.15, 0.2) is 16.9 Å². The average molecular weight is 348 g/mol. The summed E-state index contributed by atoms with van der Waals surface area (Å²) in [6, 6.07) is 2.46. The summed E-state index contributed by atoms with van der Waals surface area (Å²) in [4.78, 5) is 26.5. The molecule has 3 N–H and O–H groups in total. The molecule has 1 aromatic carbocycles. The van der Waals surface area contributed by atoms with Gasteiger partial charge in [0.2, 0.25) is 0 Å².